The van der Waals surface area contributed by atoms with Crippen LogP contribution in [0.4, 0.5) is 4.79 Å². The van der Waals surface area contributed by atoms with Crippen LogP contribution in [-0.2, 0) is 4.74 Å². The molecule has 0 spiro atoms. The maximum absolute atomic E-state index is 12.1. The lowest BCUT2D eigenvalue weighted by Gasteiger charge is -2.28. The number of carbonyl (C=O) groups excluding carboxylic acids is 2. The molecule has 0 aliphatic carbocycles. The van der Waals surface area contributed by atoms with Crippen molar-refractivity contribution in [3.63, 3.8) is 0 Å². The molecule has 1 amide bonds. The Hall–Kier alpha value is -1.82. The molecule has 1 aromatic heterocycles. The number of ether oxygens (including phenoxy) is 1. The number of hydrogen-bond acceptors (Lipinski definition) is 5. The summed E-state index contributed by atoms with van der Waals surface area (Å²) in [6.07, 6.45) is 3.07. The predicted molar refractivity (Wildman–Crippen MR) is 81.9 cm³/mol. The number of nitrogens with zero attached hydrogens (tertiary/aromatic N) is 1. The molecule has 2 rings (SSSR count). The maximum Gasteiger partial charge on any atom is 0.410 e. The lowest BCUT2D eigenvalue weighted by atomic mass is 10.2. The number of likely N-dealkylation sites (tertiary alicyclic amines) is 1. The highest BCUT2D eigenvalue weighted by atomic mass is 16.6. The van der Waals surface area contributed by atoms with Crippen molar-refractivity contribution >= 4 is 11.9 Å². The van der Waals surface area contributed by atoms with E-state index in [1.165, 1.54) is 6.26 Å². The highest BCUT2D eigenvalue weighted by Gasteiger charge is 2.31. The average Bonchev–Trinajstić information content (AvgIpc) is 3.08. The largest absolute Gasteiger partial charge is 0.461 e. The van der Waals surface area contributed by atoms with E-state index >= 15 is 0 Å². The minimum absolute atomic E-state index is 0.0688. The van der Waals surface area contributed by atoms with Crippen molar-refractivity contribution in [3.8, 4) is 0 Å². The Labute approximate surface area is 130 Å². The van der Waals surface area contributed by atoms with Gasteiger partial charge in [-0.1, -0.05) is 0 Å². The third kappa shape index (κ3) is 4.59. The van der Waals surface area contributed by atoms with E-state index < -0.39 is 5.60 Å². The van der Waals surface area contributed by atoms with E-state index in [4.69, 9.17) is 9.15 Å². The Kier molecular flexibility index (Phi) is 5.24. The summed E-state index contributed by atoms with van der Waals surface area (Å²) in [5.74, 6) is 0.259. The van der Waals surface area contributed by atoms with Crippen molar-refractivity contribution < 1.29 is 18.7 Å². The Morgan fingerprint density at radius 2 is 2.23 bits per heavy atom. The van der Waals surface area contributed by atoms with Gasteiger partial charge in [0.15, 0.2) is 5.76 Å². The molecule has 1 N–H and O–H groups in total. The summed E-state index contributed by atoms with van der Waals surface area (Å²) in [7, 11) is 0. The van der Waals surface area contributed by atoms with Gasteiger partial charge in [0.05, 0.1) is 12.8 Å². The molecule has 1 fully saturated rings. The first-order valence-electron chi connectivity index (χ1n) is 7.64. The fraction of sp³-hybridized carbons (Fsp3) is 0.625. The van der Waals surface area contributed by atoms with Crippen LogP contribution in [0.1, 0.15) is 44.2 Å². The second-order valence-electron chi connectivity index (χ2n) is 6.50. The van der Waals surface area contributed by atoms with Gasteiger partial charge in [0, 0.05) is 19.1 Å². The lowest BCUT2D eigenvalue weighted by molar-refractivity contribution is 0.0227. The molecule has 2 heterocycles. The van der Waals surface area contributed by atoms with E-state index in [9.17, 15) is 9.59 Å². The molecule has 1 aliphatic heterocycles. The summed E-state index contributed by atoms with van der Waals surface area (Å²) in [6.45, 7) is 7.05. The Morgan fingerprint density at radius 3 is 2.86 bits per heavy atom. The van der Waals surface area contributed by atoms with Crippen LogP contribution in [0.25, 0.3) is 0 Å². The molecule has 0 bridgehead atoms. The van der Waals surface area contributed by atoms with E-state index in [1.807, 2.05) is 20.8 Å². The van der Waals surface area contributed by atoms with Crippen molar-refractivity contribution in [1.29, 1.82) is 0 Å². The van der Waals surface area contributed by atoms with Crippen molar-refractivity contribution in [2.45, 2.75) is 45.3 Å². The van der Waals surface area contributed by atoms with Crippen LogP contribution in [0.3, 0.4) is 0 Å². The summed E-state index contributed by atoms with van der Waals surface area (Å²) in [5.41, 5.74) is -0.493. The van der Waals surface area contributed by atoms with E-state index in [0.717, 1.165) is 12.8 Å². The van der Waals surface area contributed by atoms with Gasteiger partial charge in [-0.3, -0.25) is 4.79 Å². The second-order valence-corrected chi connectivity index (χ2v) is 6.50. The number of hydrogen-bond donors (Lipinski definition) is 1. The molecule has 1 aromatic rings. The number of rotatable bonds is 5. The molecule has 1 saturated heterocycles. The molecule has 0 saturated carbocycles. The van der Waals surface area contributed by atoms with Gasteiger partial charge in [-0.05, 0) is 45.7 Å². The summed E-state index contributed by atoms with van der Waals surface area (Å²) in [4.78, 5) is 25.7. The van der Waals surface area contributed by atoms with E-state index in [2.05, 4.69) is 5.32 Å². The van der Waals surface area contributed by atoms with E-state index in [-0.39, 0.29) is 24.5 Å². The number of amides is 1. The normalized spacial score (nSPS) is 18.5. The van der Waals surface area contributed by atoms with Gasteiger partial charge in [-0.15, -0.1) is 0 Å². The Balaban J connectivity index is 1.79. The van der Waals surface area contributed by atoms with Gasteiger partial charge in [0.2, 0.25) is 5.78 Å². The molecule has 1 aliphatic rings. The van der Waals surface area contributed by atoms with Gasteiger partial charge in [0.25, 0.3) is 0 Å². The lowest BCUT2D eigenvalue weighted by Crippen LogP contribution is -2.44. The summed E-state index contributed by atoms with van der Waals surface area (Å²) >= 11 is 0. The molecule has 122 valence electrons. The van der Waals surface area contributed by atoms with E-state index in [0.29, 0.717) is 18.8 Å². The van der Waals surface area contributed by atoms with Crippen molar-refractivity contribution in [2.24, 2.45) is 0 Å². The van der Waals surface area contributed by atoms with Crippen LogP contribution in [0.2, 0.25) is 0 Å². The molecule has 6 heteroatoms. The minimum atomic E-state index is -0.493. The molecular weight excluding hydrogens is 284 g/mol. The first kappa shape index (κ1) is 16.5. The zero-order valence-electron chi connectivity index (χ0n) is 13.4. The van der Waals surface area contributed by atoms with Gasteiger partial charge < -0.3 is 19.4 Å². The highest BCUT2D eigenvalue weighted by Crippen LogP contribution is 2.20. The Bertz CT molecular complexity index is 505. The zero-order chi connectivity index (χ0) is 16.2. The van der Waals surface area contributed by atoms with Crippen LogP contribution in [0, 0.1) is 0 Å². The maximum atomic E-state index is 12.1. The zero-order valence-corrected chi connectivity index (χ0v) is 13.4. The van der Waals surface area contributed by atoms with Crippen LogP contribution in [0.5, 0.6) is 0 Å². The molecular formula is C16H24N2O4. The number of carbonyl (C=O) groups is 2. The molecule has 6 nitrogen and oxygen atoms in total. The fourth-order valence-electron chi connectivity index (χ4n) is 2.49. The number of ketones is 1. The predicted octanol–water partition coefficient (Wildman–Crippen LogP) is 2.45. The highest BCUT2D eigenvalue weighted by molar-refractivity contribution is 5.94. The standard InChI is InChI=1S/C16H24N2O4/c1-16(2,3)22-15(20)18-8-4-6-12(18)10-17-11-13(19)14-7-5-9-21-14/h5,7,9,12,17H,4,6,8,10-11H2,1-3H3/t12-/m1/s1. The monoisotopic (exact) mass is 308 g/mol. The molecule has 22 heavy (non-hydrogen) atoms. The minimum Gasteiger partial charge on any atom is -0.461 e. The van der Waals surface area contributed by atoms with Crippen molar-refractivity contribution in [2.75, 3.05) is 19.6 Å². The average molecular weight is 308 g/mol. The molecule has 0 aromatic carbocycles. The van der Waals surface area contributed by atoms with Gasteiger partial charge in [0.1, 0.15) is 5.60 Å². The first-order chi connectivity index (χ1) is 10.4. The van der Waals surface area contributed by atoms with Gasteiger partial charge in [-0.25, -0.2) is 4.79 Å². The fourth-order valence-corrected chi connectivity index (χ4v) is 2.49. The third-order valence-electron chi connectivity index (χ3n) is 3.47. The van der Waals surface area contributed by atoms with Crippen molar-refractivity contribution in [3.05, 3.63) is 24.2 Å². The molecule has 0 unspecified atom stereocenters. The number of furan rings is 1. The van der Waals surface area contributed by atoms with Crippen LogP contribution in [0.15, 0.2) is 22.8 Å². The third-order valence-corrected chi connectivity index (χ3v) is 3.47. The SMILES string of the molecule is CC(C)(C)OC(=O)N1CCC[C@@H]1CNCC(=O)c1ccco1. The smallest absolute Gasteiger partial charge is 0.410 e. The number of nitrogens with one attached hydrogen (secondary N) is 1. The first-order valence-corrected chi connectivity index (χ1v) is 7.64. The quantitative estimate of drug-likeness (QED) is 0.846. The topological polar surface area (TPSA) is 71.8 Å². The second kappa shape index (κ2) is 6.96. The van der Waals surface area contributed by atoms with Crippen molar-refractivity contribution in [1.82, 2.24) is 10.2 Å². The summed E-state index contributed by atoms with van der Waals surface area (Å²) < 4.78 is 10.5. The Morgan fingerprint density at radius 1 is 1.45 bits per heavy atom. The van der Waals surface area contributed by atoms with Gasteiger partial charge >= 0.3 is 6.09 Å². The van der Waals surface area contributed by atoms with Gasteiger partial charge in [-0.2, -0.15) is 0 Å². The summed E-state index contributed by atoms with van der Waals surface area (Å²) in [6, 6.07) is 3.40. The molecule has 0 radical (unpaired) electrons. The van der Waals surface area contributed by atoms with E-state index in [1.54, 1.807) is 17.0 Å². The van der Waals surface area contributed by atoms with Crippen LogP contribution >= 0.6 is 0 Å². The number of Topliss-reactive ketones (excluding diaryl/α,β-unsaturated/α-hetero) is 1. The van der Waals surface area contributed by atoms with Crippen LogP contribution < -0.4 is 5.32 Å². The van der Waals surface area contributed by atoms with Crippen LogP contribution in [-0.4, -0.2) is 48.1 Å². The molecule has 1 atom stereocenters. The summed E-state index contributed by atoms with van der Waals surface area (Å²) in [5, 5.41) is 3.10.